The van der Waals surface area contributed by atoms with Gasteiger partial charge in [0.2, 0.25) is 5.69 Å². The normalized spacial score (nSPS) is 10.7. The van der Waals surface area contributed by atoms with Gasteiger partial charge in [-0.15, -0.1) is 5.10 Å². The van der Waals surface area contributed by atoms with Gasteiger partial charge in [0, 0.05) is 11.5 Å². The average Bonchev–Trinajstić information content (AvgIpc) is 2.87. The number of hydrogen-bond donors (Lipinski definition) is 2. The van der Waals surface area contributed by atoms with Gasteiger partial charge in [-0.2, -0.15) is 5.10 Å². The van der Waals surface area contributed by atoms with Crippen LogP contribution in [0.1, 0.15) is 23.0 Å². The van der Waals surface area contributed by atoms with Gasteiger partial charge in [0.25, 0.3) is 0 Å². The summed E-state index contributed by atoms with van der Waals surface area (Å²) in [5.41, 5.74) is 3.50. The molecule has 2 rings (SSSR count). The fourth-order valence-electron chi connectivity index (χ4n) is 1.37. The van der Waals surface area contributed by atoms with E-state index >= 15 is 0 Å². The van der Waals surface area contributed by atoms with E-state index in [0.717, 1.165) is 11.5 Å². The molecule has 1 aromatic carbocycles. The second-order valence-electron chi connectivity index (χ2n) is 3.64. The fraction of sp³-hybridized carbons (Fsp3) is 0.167. The van der Waals surface area contributed by atoms with Crippen LogP contribution < -0.4 is 5.43 Å². The van der Waals surface area contributed by atoms with Crippen molar-refractivity contribution in [1.29, 1.82) is 0 Å². The molecule has 0 saturated carbocycles. The molecule has 2 N–H and O–H groups in total. The molecular weight excluding hydrogens is 280 g/mol. The van der Waals surface area contributed by atoms with Crippen molar-refractivity contribution < 1.29 is 14.6 Å². The number of hydrazone groups is 1. The Bertz CT molecular complexity index is 627. The van der Waals surface area contributed by atoms with Gasteiger partial charge < -0.3 is 9.84 Å². The lowest BCUT2D eigenvalue weighted by molar-refractivity contribution is 0.0520. The van der Waals surface area contributed by atoms with E-state index in [1.165, 1.54) is 6.21 Å². The molecule has 8 heteroatoms. The number of benzene rings is 1. The summed E-state index contributed by atoms with van der Waals surface area (Å²) < 4.78 is 8.53. The molecule has 104 valence electrons. The number of hydrogen-bond acceptors (Lipinski definition) is 8. The quantitative estimate of drug-likeness (QED) is 0.496. The van der Waals surface area contributed by atoms with Crippen LogP contribution >= 0.6 is 11.5 Å². The van der Waals surface area contributed by atoms with E-state index in [2.05, 4.69) is 20.1 Å². The topological polar surface area (TPSA) is 96.7 Å². The SMILES string of the molecule is CCOC(=O)c1nnsc1N/N=C/c1cccc(O)c1. The zero-order valence-corrected chi connectivity index (χ0v) is 11.4. The van der Waals surface area contributed by atoms with Crippen molar-refractivity contribution in [2.45, 2.75) is 6.92 Å². The predicted molar refractivity (Wildman–Crippen MR) is 75.2 cm³/mol. The molecule has 0 bridgehead atoms. The van der Waals surface area contributed by atoms with E-state index in [1.807, 2.05) is 0 Å². The Morgan fingerprint density at radius 1 is 1.60 bits per heavy atom. The van der Waals surface area contributed by atoms with E-state index in [1.54, 1.807) is 31.2 Å². The largest absolute Gasteiger partial charge is 0.508 e. The van der Waals surface area contributed by atoms with Crippen LogP contribution in [0.15, 0.2) is 29.4 Å². The van der Waals surface area contributed by atoms with Crippen molar-refractivity contribution in [3.05, 3.63) is 35.5 Å². The standard InChI is InChI=1S/C12H12N4O3S/c1-2-19-12(18)10-11(20-16-14-10)15-13-7-8-4-3-5-9(17)6-8/h3-7,15,17H,2H2,1H3/b13-7+. The molecular formula is C12H12N4O3S. The van der Waals surface area contributed by atoms with Crippen molar-refractivity contribution in [2.75, 3.05) is 12.0 Å². The van der Waals surface area contributed by atoms with E-state index in [0.29, 0.717) is 10.6 Å². The number of phenols is 1. The summed E-state index contributed by atoms with van der Waals surface area (Å²) >= 11 is 1.01. The Balaban J connectivity index is 2.04. The number of rotatable bonds is 5. The number of nitrogens with one attached hydrogen (secondary N) is 1. The van der Waals surface area contributed by atoms with Gasteiger partial charge in [-0.1, -0.05) is 16.6 Å². The number of anilines is 1. The second kappa shape index (κ2) is 6.62. The molecule has 7 nitrogen and oxygen atoms in total. The first-order chi connectivity index (χ1) is 9.70. The van der Waals surface area contributed by atoms with E-state index in [9.17, 15) is 9.90 Å². The highest BCUT2D eigenvalue weighted by atomic mass is 32.1. The fourth-order valence-corrected chi connectivity index (χ4v) is 1.88. The molecule has 2 aromatic rings. The van der Waals surface area contributed by atoms with Crippen molar-refractivity contribution in [2.24, 2.45) is 5.10 Å². The number of phenolic OH excluding ortho intramolecular Hbond substituents is 1. The summed E-state index contributed by atoms with van der Waals surface area (Å²) in [6, 6.07) is 6.61. The molecule has 0 atom stereocenters. The van der Waals surface area contributed by atoms with Gasteiger partial charge in [-0.05, 0) is 24.6 Å². The average molecular weight is 292 g/mol. The molecule has 0 unspecified atom stereocenters. The molecule has 0 radical (unpaired) electrons. The van der Waals surface area contributed by atoms with Crippen LogP contribution in [-0.4, -0.2) is 33.5 Å². The van der Waals surface area contributed by atoms with Crippen LogP contribution in [0.3, 0.4) is 0 Å². The van der Waals surface area contributed by atoms with Crippen molar-refractivity contribution >= 4 is 28.7 Å². The summed E-state index contributed by atoms with van der Waals surface area (Å²) in [5, 5.41) is 17.4. The van der Waals surface area contributed by atoms with E-state index in [4.69, 9.17) is 4.74 Å². The number of aromatic hydroxyl groups is 1. The first-order valence-corrected chi connectivity index (χ1v) is 6.55. The maximum absolute atomic E-state index is 11.6. The zero-order chi connectivity index (χ0) is 14.4. The molecule has 0 aliphatic carbocycles. The third-order valence-corrected chi connectivity index (χ3v) is 2.84. The minimum atomic E-state index is -0.545. The third-order valence-electron chi connectivity index (χ3n) is 2.21. The lowest BCUT2D eigenvalue weighted by atomic mass is 10.2. The molecule has 20 heavy (non-hydrogen) atoms. The molecule has 0 aliphatic heterocycles. The molecule has 0 aliphatic rings. The Kier molecular flexibility index (Phi) is 4.61. The van der Waals surface area contributed by atoms with Gasteiger partial charge >= 0.3 is 5.97 Å². The lowest BCUT2D eigenvalue weighted by Crippen LogP contribution is -2.07. The number of ether oxygens (including phenoxy) is 1. The summed E-state index contributed by atoms with van der Waals surface area (Å²) in [6.45, 7) is 1.98. The smallest absolute Gasteiger partial charge is 0.362 e. The Morgan fingerprint density at radius 2 is 2.45 bits per heavy atom. The van der Waals surface area contributed by atoms with Crippen LogP contribution in [0.2, 0.25) is 0 Å². The number of esters is 1. The third kappa shape index (κ3) is 3.51. The van der Waals surface area contributed by atoms with Crippen LogP contribution in [0.4, 0.5) is 5.00 Å². The number of aromatic nitrogens is 2. The number of carbonyl (C=O) groups excluding carboxylic acids is 1. The minimum Gasteiger partial charge on any atom is -0.508 e. The molecule has 0 amide bonds. The monoisotopic (exact) mass is 292 g/mol. The van der Waals surface area contributed by atoms with Crippen molar-refractivity contribution in [1.82, 2.24) is 9.59 Å². The van der Waals surface area contributed by atoms with Crippen molar-refractivity contribution in [3.8, 4) is 5.75 Å². The number of nitrogens with zero attached hydrogens (tertiary/aromatic N) is 3. The highest BCUT2D eigenvalue weighted by Crippen LogP contribution is 2.18. The summed E-state index contributed by atoms with van der Waals surface area (Å²) in [6.07, 6.45) is 1.51. The molecule has 0 spiro atoms. The Morgan fingerprint density at radius 3 is 3.20 bits per heavy atom. The Labute approximate surface area is 119 Å². The molecule has 1 heterocycles. The van der Waals surface area contributed by atoms with Crippen LogP contribution in [0.5, 0.6) is 5.75 Å². The van der Waals surface area contributed by atoms with Gasteiger partial charge in [0.05, 0.1) is 12.8 Å². The first kappa shape index (κ1) is 13.9. The summed E-state index contributed by atoms with van der Waals surface area (Å²) in [7, 11) is 0. The molecule has 0 fully saturated rings. The van der Waals surface area contributed by atoms with Crippen LogP contribution in [0, 0.1) is 0 Å². The Hall–Kier alpha value is -2.48. The van der Waals surface area contributed by atoms with E-state index < -0.39 is 5.97 Å². The highest BCUT2D eigenvalue weighted by Gasteiger charge is 2.17. The van der Waals surface area contributed by atoms with Crippen LogP contribution in [-0.2, 0) is 4.74 Å². The predicted octanol–water partition coefficient (Wildman–Crippen LogP) is 1.87. The maximum Gasteiger partial charge on any atom is 0.362 e. The van der Waals surface area contributed by atoms with Gasteiger partial charge in [-0.3, -0.25) is 5.43 Å². The van der Waals surface area contributed by atoms with Gasteiger partial charge in [0.1, 0.15) is 5.75 Å². The van der Waals surface area contributed by atoms with E-state index in [-0.39, 0.29) is 18.1 Å². The minimum absolute atomic E-state index is 0.102. The van der Waals surface area contributed by atoms with Crippen LogP contribution in [0.25, 0.3) is 0 Å². The summed E-state index contributed by atoms with van der Waals surface area (Å²) in [4.78, 5) is 11.6. The lowest BCUT2D eigenvalue weighted by Gasteiger charge is -2.00. The number of carbonyl (C=O) groups is 1. The molecule has 0 saturated heterocycles. The van der Waals surface area contributed by atoms with Gasteiger partial charge in [-0.25, -0.2) is 4.79 Å². The zero-order valence-electron chi connectivity index (χ0n) is 10.6. The van der Waals surface area contributed by atoms with Crippen molar-refractivity contribution in [3.63, 3.8) is 0 Å². The maximum atomic E-state index is 11.6. The highest BCUT2D eigenvalue weighted by molar-refractivity contribution is 7.10. The molecule has 1 aromatic heterocycles. The first-order valence-electron chi connectivity index (χ1n) is 5.78. The second-order valence-corrected chi connectivity index (χ2v) is 4.39. The van der Waals surface area contributed by atoms with Gasteiger partial charge in [0.15, 0.2) is 5.00 Å². The summed E-state index contributed by atoms with van der Waals surface area (Å²) in [5.74, 6) is -0.392.